The fourth-order valence-corrected chi connectivity index (χ4v) is 12.1. The summed E-state index contributed by atoms with van der Waals surface area (Å²) in [4.78, 5) is 0. The Morgan fingerprint density at radius 3 is 2.00 bits per heavy atom. The fourth-order valence-electron chi connectivity index (χ4n) is 1.35. The van der Waals surface area contributed by atoms with Gasteiger partial charge in [-0.3, -0.25) is 0 Å². The van der Waals surface area contributed by atoms with Gasteiger partial charge in [-0.25, -0.2) is 0 Å². The summed E-state index contributed by atoms with van der Waals surface area (Å²) >= 11 is 0. The van der Waals surface area contributed by atoms with Crippen molar-refractivity contribution in [3.63, 3.8) is 0 Å². The molecule has 2 nitrogen and oxygen atoms in total. The molecule has 0 aromatic rings. The van der Waals surface area contributed by atoms with Crippen LogP contribution in [0.5, 0.6) is 0 Å². The SMILES string of the molecule is C[SiH2]N([SiH3-]C)[SiH](C)N(C)C. The number of nitrogens with zero attached hydrogens (tertiary/aromatic N) is 2. The quantitative estimate of drug-likeness (QED) is 0.512. The van der Waals surface area contributed by atoms with E-state index < -0.39 is 9.12 Å². The van der Waals surface area contributed by atoms with Crippen LogP contribution >= 0.6 is 0 Å². The van der Waals surface area contributed by atoms with Gasteiger partial charge in [0, 0.05) is 0 Å². The van der Waals surface area contributed by atoms with Crippen molar-refractivity contribution in [2.24, 2.45) is 0 Å². The molecule has 0 saturated carbocycles. The van der Waals surface area contributed by atoms with Crippen LogP contribution in [0.15, 0.2) is 0 Å². The topological polar surface area (TPSA) is 6.48 Å². The average molecular weight is 193 g/mol. The first-order valence-corrected chi connectivity index (χ1v) is 11.6. The number of hydrogen-bond donors (Lipinski definition) is 0. The molecule has 0 fully saturated rings. The van der Waals surface area contributed by atoms with Crippen molar-refractivity contribution >= 4 is 28.5 Å². The van der Waals surface area contributed by atoms with Gasteiger partial charge in [0.15, 0.2) is 0 Å². The summed E-state index contributed by atoms with van der Waals surface area (Å²) in [5, 5.41) is 0. The molecular formula is C5H21N2Si3-. The molecule has 5 heteroatoms. The Kier molecular flexibility index (Phi) is 5.55. The van der Waals surface area contributed by atoms with E-state index in [2.05, 4.69) is 42.2 Å². The molecule has 0 spiro atoms. The van der Waals surface area contributed by atoms with Crippen LogP contribution < -0.4 is 0 Å². The average Bonchev–Trinajstić information content (AvgIpc) is 1.90. The maximum absolute atomic E-state index is 2.89. The summed E-state index contributed by atoms with van der Waals surface area (Å²) in [6, 6.07) is 0. The second kappa shape index (κ2) is 5.25. The van der Waals surface area contributed by atoms with E-state index in [-0.39, 0.29) is 19.4 Å². The molecule has 10 heavy (non-hydrogen) atoms. The third-order valence-corrected chi connectivity index (χ3v) is 17.6. The second-order valence-electron chi connectivity index (χ2n) is 3.12. The summed E-state index contributed by atoms with van der Waals surface area (Å²) in [6.07, 6.45) is 0. The Labute approximate surface area is 71.2 Å². The summed E-state index contributed by atoms with van der Waals surface area (Å²) < 4.78 is 5.34. The standard InChI is InChI=1S/C5H21N2Si3/c1-6(2)10(5)7(8-3)9-4/h10H,8H2,1-5,9H3/q-1. The van der Waals surface area contributed by atoms with Crippen molar-refractivity contribution in [1.82, 2.24) is 8.46 Å². The Bertz CT molecular complexity index is 85.0. The van der Waals surface area contributed by atoms with E-state index in [0.717, 1.165) is 0 Å². The third-order valence-electron chi connectivity index (χ3n) is 2.46. The van der Waals surface area contributed by atoms with Gasteiger partial charge in [-0.15, -0.1) is 0 Å². The maximum atomic E-state index is 2.89. The van der Waals surface area contributed by atoms with Gasteiger partial charge >= 0.3 is 70.7 Å². The summed E-state index contributed by atoms with van der Waals surface area (Å²) in [5.74, 6) is 0. The predicted octanol–water partition coefficient (Wildman–Crippen LogP) is -1.30. The number of hydrogen-bond acceptors (Lipinski definition) is 2. The van der Waals surface area contributed by atoms with Crippen LogP contribution in [-0.4, -0.2) is 51.0 Å². The van der Waals surface area contributed by atoms with Crippen molar-refractivity contribution < 1.29 is 0 Å². The Balaban J connectivity index is 3.76. The molecule has 0 heterocycles. The molecule has 0 bridgehead atoms. The Morgan fingerprint density at radius 1 is 1.40 bits per heavy atom. The zero-order chi connectivity index (χ0) is 8.15. The molecule has 0 aliphatic rings. The van der Waals surface area contributed by atoms with E-state index >= 15 is 0 Å². The minimum absolute atomic E-state index is 0.178. The first-order valence-electron chi connectivity index (χ1n) is 4.46. The fraction of sp³-hybridized carbons (Fsp3) is 1.00. The second-order valence-corrected chi connectivity index (χ2v) is 13.0. The molecule has 0 aliphatic carbocycles. The van der Waals surface area contributed by atoms with Crippen molar-refractivity contribution in [1.29, 1.82) is 0 Å². The Hall–Kier alpha value is 0.571. The van der Waals surface area contributed by atoms with Gasteiger partial charge in [0.25, 0.3) is 0 Å². The van der Waals surface area contributed by atoms with E-state index in [1.807, 2.05) is 0 Å². The van der Waals surface area contributed by atoms with Crippen LogP contribution in [0.4, 0.5) is 0 Å². The molecule has 1 atom stereocenters. The van der Waals surface area contributed by atoms with E-state index in [1.165, 1.54) is 0 Å². The van der Waals surface area contributed by atoms with Gasteiger partial charge in [0.2, 0.25) is 0 Å². The van der Waals surface area contributed by atoms with Gasteiger partial charge < -0.3 is 0 Å². The van der Waals surface area contributed by atoms with Gasteiger partial charge in [-0.05, 0) is 0 Å². The summed E-state index contributed by atoms with van der Waals surface area (Å²) in [6.45, 7) is 7.33. The van der Waals surface area contributed by atoms with E-state index in [9.17, 15) is 0 Å². The molecule has 64 valence electrons. The summed E-state index contributed by atoms with van der Waals surface area (Å²) in [7, 11) is 3.77. The molecule has 0 aromatic carbocycles. The van der Waals surface area contributed by atoms with Crippen molar-refractivity contribution in [3.05, 3.63) is 0 Å². The molecule has 0 aromatic heterocycles. The zero-order valence-corrected chi connectivity index (χ0v) is 12.7. The van der Waals surface area contributed by atoms with Crippen LogP contribution in [0.2, 0.25) is 19.6 Å². The van der Waals surface area contributed by atoms with Gasteiger partial charge in [0.1, 0.15) is 0 Å². The van der Waals surface area contributed by atoms with Crippen LogP contribution in [-0.2, 0) is 0 Å². The number of rotatable bonds is 4. The monoisotopic (exact) mass is 193 g/mol. The van der Waals surface area contributed by atoms with Crippen LogP contribution in [0.3, 0.4) is 0 Å². The Morgan fingerprint density at radius 2 is 1.90 bits per heavy atom. The van der Waals surface area contributed by atoms with E-state index in [4.69, 9.17) is 0 Å². The molecule has 0 saturated heterocycles. The molecule has 0 rings (SSSR count). The molecule has 1 unspecified atom stereocenters. The molecule has 0 aliphatic heterocycles. The van der Waals surface area contributed by atoms with Crippen LogP contribution in [0.25, 0.3) is 0 Å². The normalized spacial score (nSPS) is 16.3. The van der Waals surface area contributed by atoms with Crippen LogP contribution in [0, 0.1) is 0 Å². The first-order chi connectivity index (χ1) is 4.63. The van der Waals surface area contributed by atoms with Crippen molar-refractivity contribution in [2.45, 2.75) is 19.6 Å². The van der Waals surface area contributed by atoms with Crippen LogP contribution in [0.1, 0.15) is 0 Å². The van der Waals surface area contributed by atoms with Gasteiger partial charge in [0.05, 0.1) is 0 Å². The first kappa shape index (κ1) is 10.6. The minimum atomic E-state index is -0.576. The molecular weight excluding hydrogens is 172 g/mol. The van der Waals surface area contributed by atoms with E-state index in [0.29, 0.717) is 0 Å². The molecule has 0 N–H and O–H groups in total. The molecule has 0 radical (unpaired) electrons. The van der Waals surface area contributed by atoms with Crippen molar-refractivity contribution in [2.75, 3.05) is 14.1 Å². The molecule has 0 amide bonds. The third kappa shape index (κ3) is 3.11. The van der Waals surface area contributed by atoms with Gasteiger partial charge in [-0.2, -0.15) is 0 Å². The zero-order valence-electron chi connectivity index (χ0n) is 8.18. The van der Waals surface area contributed by atoms with Gasteiger partial charge in [-0.1, -0.05) is 0 Å². The predicted molar refractivity (Wildman–Crippen MR) is 58.8 cm³/mol. The van der Waals surface area contributed by atoms with E-state index in [1.54, 1.807) is 0 Å². The van der Waals surface area contributed by atoms with Crippen molar-refractivity contribution in [3.8, 4) is 0 Å². The summed E-state index contributed by atoms with van der Waals surface area (Å²) in [5.41, 5.74) is 0.